The highest BCUT2D eigenvalue weighted by Crippen LogP contribution is 2.23. The third kappa shape index (κ3) is 5.41. The maximum absolute atomic E-state index is 12.5. The minimum absolute atomic E-state index is 0.105. The van der Waals surface area contributed by atoms with Crippen LogP contribution in [0.25, 0.3) is 0 Å². The van der Waals surface area contributed by atoms with Crippen LogP contribution < -0.4 is 4.74 Å². The van der Waals surface area contributed by atoms with Gasteiger partial charge in [0, 0.05) is 32.7 Å². The van der Waals surface area contributed by atoms with Gasteiger partial charge in [0.25, 0.3) is 0 Å². The SMILES string of the molecule is COc1ccc(CN2CCN(C(=O)COCCc3ccc4c(c3)CCC4)CC2)cc1. The molecule has 1 amide bonds. The molecule has 2 aromatic rings. The summed E-state index contributed by atoms with van der Waals surface area (Å²) in [4.78, 5) is 16.8. The van der Waals surface area contributed by atoms with E-state index in [-0.39, 0.29) is 12.5 Å². The molecule has 5 nitrogen and oxygen atoms in total. The molecule has 160 valence electrons. The van der Waals surface area contributed by atoms with Gasteiger partial charge in [0.05, 0.1) is 13.7 Å². The molecule has 5 heteroatoms. The van der Waals surface area contributed by atoms with Crippen molar-refractivity contribution in [1.29, 1.82) is 0 Å². The monoisotopic (exact) mass is 408 g/mol. The molecule has 0 unspecified atom stereocenters. The Balaban J connectivity index is 1.14. The molecule has 0 N–H and O–H groups in total. The molecular weight excluding hydrogens is 376 g/mol. The quantitative estimate of drug-likeness (QED) is 0.630. The number of amides is 1. The van der Waals surface area contributed by atoms with E-state index in [0.29, 0.717) is 6.61 Å². The molecule has 1 aliphatic heterocycles. The normalized spacial score (nSPS) is 16.5. The van der Waals surface area contributed by atoms with Gasteiger partial charge in [-0.25, -0.2) is 0 Å². The lowest BCUT2D eigenvalue weighted by molar-refractivity contribution is -0.137. The lowest BCUT2D eigenvalue weighted by Gasteiger charge is -2.34. The standard InChI is InChI=1S/C25H32N2O3/c1-29-24-9-6-21(7-10-24)18-26-12-14-27(15-13-26)25(28)19-30-16-11-20-5-8-22-3-2-4-23(22)17-20/h5-10,17H,2-4,11-16,18-19H2,1H3. The van der Waals surface area contributed by atoms with Crippen molar-refractivity contribution in [3.63, 3.8) is 0 Å². The molecule has 0 saturated carbocycles. The summed E-state index contributed by atoms with van der Waals surface area (Å²) in [6.45, 7) is 5.01. The number of ether oxygens (including phenoxy) is 2. The van der Waals surface area contributed by atoms with E-state index < -0.39 is 0 Å². The van der Waals surface area contributed by atoms with Gasteiger partial charge < -0.3 is 14.4 Å². The number of fused-ring (bicyclic) bond motifs is 1. The van der Waals surface area contributed by atoms with Gasteiger partial charge in [-0.1, -0.05) is 30.3 Å². The number of benzene rings is 2. The van der Waals surface area contributed by atoms with Crippen molar-refractivity contribution in [3.8, 4) is 5.75 Å². The van der Waals surface area contributed by atoms with Crippen LogP contribution in [0.15, 0.2) is 42.5 Å². The lowest BCUT2D eigenvalue weighted by Crippen LogP contribution is -2.49. The van der Waals surface area contributed by atoms with E-state index in [1.807, 2.05) is 17.0 Å². The molecule has 0 atom stereocenters. The number of hydrogen-bond acceptors (Lipinski definition) is 4. The van der Waals surface area contributed by atoms with Gasteiger partial charge in [0.15, 0.2) is 0 Å². The predicted octanol–water partition coefficient (Wildman–Crippen LogP) is 3.09. The number of hydrogen-bond donors (Lipinski definition) is 0. The van der Waals surface area contributed by atoms with Gasteiger partial charge in [-0.2, -0.15) is 0 Å². The molecule has 2 aliphatic rings. The zero-order valence-corrected chi connectivity index (χ0v) is 17.9. The Hall–Kier alpha value is -2.37. The highest BCUT2D eigenvalue weighted by atomic mass is 16.5. The average molecular weight is 409 g/mol. The fourth-order valence-corrected chi connectivity index (χ4v) is 4.37. The summed E-state index contributed by atoms with van der Waals surface area (Å²) < 4.78 is 10.9. The number of methoxy groups -OCH3 is 1. The van der Waals surface area contributed by atoms with Crippen molar-refractivity contribution < 1.29 is 14.3 Å². The Morgan fingerprint density at radius 3 is 2.43 bits per heavy atom. The van der Waals surface area contributed by atoms with E-state index in [9.17, 15) is 4.79 Å². The molecule has 0 aromatic heterocycles. The Labute approximate surface area is 179 Å². The van der Waals surface area contributed by atoms with Crippen molar-refractivity contribution >= 4 is 5.91 Å². The topological polar surface area (TPSA) is 42.0 Å². The summed E-state index contributed by atoms with van der Waals surface area (Å²) >= 11 is 0. The Kier molecular flexibility index (Phi) is 7.03. The second-order valence-corrected chi connectivity index (χ2v) is 8.26. The van der Waals surface area contributed by atoms with Gasteiger partial charge in [-0.3, -0.25) is 9.69 Å². The molecule has 2 aromatic carbocycles. The molecule has 30 heavy (non-hydrogen) atoms. The average Bonchev–Trinajstić information content (AvgIpc) is 3.25. The van der Waals surface area contributed by atoms with Crippen molar-refractivity contribution in [2.45, 2.75) is 32.2 Å². The molecule has 1 heterocycles. The summed E-state index contributed by atoms with van der Waals surface area (Å²) in [6, 6.07) is 15.0. The Morgan fingerprint density at radius 1 is 0.933 bits per heavy atom. The van der Waals surface area contributed by atoms with Crippen LogP contribution in [0.4, 0.5) is 0 Å². The Bertz CT molecular complexity index is 842. The van der Waals surface area contributed by atoms with Crippen LogP contribution in [0.1, 0.15) is 28.7 Å². The van der Waals surface area contributed by atoms with Crippen LogP contribution in [0, 0.1) is 0 Å². The van der Waals surface area contributed by atoms with Crippen molar-refractivity contribution in [1.82, 2.24) is 9.80 Å². The first-order valence-corrected chi connectivity index (χ1v) is 11.0. The van der Waals surface area contributed by atoms with Crippen LogP contribution in [-0.2, 0) is 35.3 Å². The van der Waals surface area contributed by atoms with Crippen molar-refractivity contribution in [2.24, 2.45) is 0 Å². The van der Waals surface area contributed by atoms with E-state index in [4.69, 9.17) is 9.47 Å². The summed E-state index contributed by atoms with van der Waals surface area (Å²) in [6.07, 6.45) is 4.56. The summed E-state index contributed by atoms with van der Waals surface area (Å²) in [5.74, 6) is 0.985. The van der Waals surface area contributed by atoms with Crippen LogP contribution in [0.5, 0.6) is 5.75 Å². The fourth-order valence-electron chi connectivity index (χ4n) is 4.37. The second kappa shape index (κ2) is 10.1. The largest absolute Gasteiger partial charge is 0.497 e. The zero-order valence-electron chi connectivity index (χ0n) is 17.9. The number of piperazine rings is 1. The third-order valence-electron chi connectivity index (χ3n) is 6.21. The second-order valence-electron chi connectivity index (χ2n) is 8.26. The van der Waals surface area contributed by atoms with Gasteiger partial charge >= 0.3 is 0 Å². The van der Waals surface area contributed by atoms with Gasteiger partial charge in [-0.15, -0.1) is 0 Å². The minimum Gasteiger partial charge on any atom is -0.497 e. The number of nitrogens with zero attached hydrogens (tertiary/aromatic N) is 2. The van der Waals surface area contributed by atoms with Gasteiger partial charge in [-0.05, 0) is 60.1 Å². The van der Waals surface area contributed by atoms with Gasteiger partial charge in [0.2, 0.25) is 5.91 Å². The zero-order chi connectivity index (χ0) is 20.8. The van der Waals surface area contributed by atoms with Crippen LogP contribution in [0.3, 0.4) is 0 Å². The van der Waals surface area contributed by atoms with E-state index >= 15 is 0 Å². The number of carbonyl (C=O) groups excluding carboxylic acids is 1. The molecular formula is C25H32N2O3. The minimum atomic E-state index is 0.105. The highest BCUT2D eigenvalue weighted by molar-refractivity contribution is 5.77. The first-order valence-electron chi connectivity index (χ1n) is 11.0. The van der Waals surface area contributed by atoms with E-state index in [1.54, 1.807) is 7.11 Å². The van der Waals surface area contributed by atoms with E-state index in [2.05, 4.69) is 35.2 Å². The van der Waals surface area contributed by atoms with Crippen molar-refractivity contribution in [3.05, 3.63) is 64.7 Å². The lowest BCUT2D eigenvalue weighted by atomic mass is 10.0. The van der Waals surface area contributed by atoms with Gasteiger partial charge in [0.1, 0.15) is 12.4 Å². The number of aryl methyl sites for hydroxylation is 2. The molecule has 0 spiro atoms. The van der Waals surface area contributed by atoms with Crippen LogP contribution in [0.2, 0.25) is 0 Å². The Morgan fingerprint density at radius 2 is 1.67 bits per heavy atom. The predicted molar refractivity (Wildman–Crippen MR) is 118 cm³/mol. The maximum atomic E-state index is 12.5. The molecule has 0 radical (unpaired) electrons. The molecule has 1 aliphatic carbocycles. The number of carbonyl (C=O) groups is 1. The molecule has 0 bridgehead atoms. The highest BCUT2D eigenvalue weighted by Gasteiger charge is 2.21. The maximum Gasteiger partial charge on any atom is 0.248 e. The van der Waals surface area contributed by atoms with Crippen LogP contribution in [-0.4, -0.2) is 62.2 Å². The summed E-state index contributed by atoms with van der Waals surface area (Å²) in [7, 11) is 1.68. The smallest absolute Gasteiger partial charge is 0.248 e. The first kappa shape index (κ1) is 20.9. The van der Waals surface area contributed by atoms with Crippen molar-refractivity contribution in [2.75, 3.05) is 46.5 Å². The number of rotatable bonds is 8. The van der Waals surface area contributed by atoms with E-state index in [1.165, 1.54) is 41.5 Å². The third-order valence-corrected chi connectivity index (χ3v) is 6.21. The molecule has 4 rings (SSSR count). The first-order chi connectivity index (χ1) is 14.7. The van der Waals surface area contributed by atoms with E-state index in [0.717, 1.165) is 44.9 Å². The molecule has 1 saturated heterocycles. The molecule has 1 fully saturated rings. The fraction of sp³-hybridized carbons (Fsp3) is 0.480. The summed E-state index contributed by atoms with van der Waals surface area (Å²) in [5.41, 5.74) is 5.58. The van der Waals surface area contributed by atoms with Crippen LogP contribution >= 0.6 is 0 Å². The summed E-state index contributed by atoms with van der Waals surface area (Å²) in [5, 5.41) is 0.